The van der Waals surface area contributed by atoms with Gasteiger partial charge in [0.15, 0.2) is 0 Å². The van der Waals surface area contributed by atoms with Crippen LogP contribution in [0.25, 0.3) is 22.0 Å². The van der Waals surface area contributed by atoms with Crippen molar-refractivity contribution in [3.05, 3.63) is 69.3 Å². The quantitative estimate of drug-likeness (QED) is 0.448. The molecule has 9 heteroatoms. The molecule has 142 valence electrons. The fourth-order valence-electron chi connectivity index (χ4n) is 2.98. The summed E-state index contributed by atoms with van der Waals surface area (Å²) in [6, 6.07) is 8.86. The first-order valence-corrected chi connectivity index (χ1v) is 9.87. The fraction of sp³-hybridized carbons (Fsp3) is 0.105. The van der Waals surface area contributed by atoms with Gasteiger partial charge < -0.3 is 14.7 Å². The van der Waals surface area contributed by atoms with Crippen molar-refractivity contribution < 1.29 is 9.21 Å². The Hall–Kier alpha value is -2.61. The Balaban J connectivity index is 1.79. The largest absolute Gasteiger partial charge is 0.467 e. The van der Waals surface area contributed by atoms with Gasteiger partial charge in [-0.2, -0.15) is 0 Å². The molecule has 0 unspecified atom stereocenters. The summed E-state index contributed by atoms with van der Waals surface area (Å²) in [6.45, 7) is 2.31. The van der Waals surface area contributed by atoms with Crippen LogP contribution in [0.1, 0.15) is 21.8 Å². The van der Waals surface area contributed by atoms with Crippen molar-refractivity contribution in [3.8, 4) is 22.0 Å². The third kappa shape index (κ3) is 3.56. The van der Waals surface area contributed by atoms with Crippen molar-refractivity contribution in [2.75, 3.05) is 0 Å². The molecule has 2 N–H and O–H groups in total. The number of thiazole rings is 1. The molecule has 0 aromatic carbocycles. The molecule has 0 aliphatic carbocycles. The van der Waals surface area contributed by atoms with Crippen LogP contribution in [0.4, 0.5) is 0 Å². The van der Waals surface area contributed by atoms with Gasteiger partial charge in [-0.3, -0.25) is 4.79 Å². The highest BCUT2D eigenvalue weighted by molar-refractivity contribution is 7.13. The second kappa shape index (κ2) is 7.43. The molecule has 1 amide bonds. The number of hydrogen-bond acceptors (Lipinski definition) is 5. The van der Waals surface area contributed by atoms with E-state index >= 15 is 0 Å². The maximum absolute atomic E-state index is 11.9. The monoisotopic (exact) mass is 432 g/mol. The summed E-state index contributed by atoms with van der Waals surface area (Å²) in [4.78, 5) is 20.5. The number of furan rings is 1. The number of nitrogens with zero attached hydrogens (tertiary/aromatic N) is 3. The second-order valence-corrected chi connectivity index (χ2v) is 7.73. The SMILES string of the molecule is Cc1c(C(N)=O)cc(-c2csc(-c3cc(Cl)nc(Cl)c3)n2)n1Cc1ccco1. The van der Waals surface area contributed by atoms with E-state index in [1.165, 1.54) is 11.3 Å². The minimum absolute atomic E-state index is 0.298. The van der Waals surface area contributed by atoms with Crippen LogP contribution >= 0.6 is 34.5 Å². The highest BCUT2D eigenvalue weighted by atomic mass is 35.5. The summed E-state index contributed by atoms with van der Waals surface area (Å²) in [7, 11) is 0. The van der Waals surface area contributed by atoms with E-state index in [2.05, 4.69) is 4.98 Å². The molecule has 0 spiro atoms. The first-order chi connectivity index (χ1) is 13.4. The Morgan fingerprint density at radius 2 is 2.00 bits per heavy atom. The maximum atomic E-state index is 11.9. The lowest BCUT2D eigenvalue weighted by molar-refractivity contribution is 0.0999. The van der Waals surface area contributed by atoms with Gasteiger partial charge in [-0.25, -0.2) is 9.97 Å². The molecule has 28 heavy (non-hydrogen) atoms. The van der Waals surface area contributed by atoms with Crippen LogP contribution in [0.5, 0.6) is 0 Å². The molecule has 6 nitrogen and oxygen atoms in total. The molecule has 4 rings (SSSR count). The fourth-order valence-corrected chi connectivity index (χ4v) is 4.24. The molecule has 4 aromatic rings. The Bertz CT molecular complexity index is 1140. The van der Waals surface area contributed by atoms with Crippen LogP contribution < -0.4 is 5.73 Å². The first-order valence-electron chi connectivity index (χ1n) is 8.24. The third-order valence-electron chi connectivity index (χ3n) is 4.30. The normalized spacial score (nSPS) is 11.1. The lowest BCUT2D eigenvalue weighted by Gasteiger charge is -2.09. The minimum atomic E-state index is -0.486. The number of carbonyl (C=O) groups excluding carboxylic acids is 1. The van der Waals surface area contributed by atoms with Crippen molar-refractivity contribution >= 4 is 40.4 Å². The zero-order chi connectivity index (χ0) is 19.8. The Morgan fingerprint density at radius 3 is 2.64 bits per heavy atom. The molecule has 4 aromatic heterocycles. The first kappa shape index (κ1) is 18.7. The van der Waals surface area contributed by atoms with Crippen molar-refractivity contribution in [3.63, 3.8) is 0 Å². The molecule has 0 fully saturated rings. The van der Waals surface area contributed by atoms with Crippen molar-refractivity contribution in [2.45, 2.75) is 13.5 Å². The molecule has 0 radical (unpaired) electrons. The molecular weight excluding hydrogens is 419 g/mol. The van der Waals surface area contributed by atoms with Crippen LogP contribution in [-0.2, 0) is 6.54 Å². The Kier molecular flexibility index (Phi) is 4.97. The van der Waals surface area contributed by atoms with E-state index in [9.17, 15) is 4.79 Å². The van der Waals surface area contributed by atoms with Gasteiger partial charge in [-0.05, 0) is 37.3 Å². The molecule has 0 saturated carbocycles. The number of carbonyl (C=O) groups is 1. The number of aromatic nitrogens is 3. The van der Waals surface area contributed by atoms with Gasteiger partial charge in [-0.1, -0.05) is 23.2 Å². The van der Waals surface area contributed by atoms with Crippen molar-refractivity contribution in [1.29, 1.82) is 0 Å². The Labute approximate surface area is 174 Å². The van der Waals surface area contributed by atoms with Gasteiger partial charge >= 0.3 is 0 Å². The zero-order valence-electron chi connectivity index (χ0n) is 14.6. The van der Waals surface area contributed by atoms with Crippen molar-refractivity contribution in [1.82, 2.24) is 14.5 Å². The smallest absolute Gasteiger partial charge is 0.250 e. The van der Waals surface area contributed by atoms with Gasteiger partial charge in [0, 0.05) is 16.6 Å². The Morgan fingerprint density at radius 1 is 1.25 bits per heavy atom. The van der Waals surface area contributed by atoms with E-state index in [-0.39, 0.29) is 0 Å². The van der Waals surface area contributed by atoms with Crippen LogP contribution in [0, 0.1) is 6.92 Å². The number of hydrogen-bond donors (Lipinski definition) is 1. The number of halogens is 2. The van der Waals surface area contributed by atoms with Gasteiger partial charge in [0.1, 0.15) is 21.1 Å². The third-order valence-corrected chi connectivity index (χ3v) is 5.58. The van der Waals surface area contributed by atoms with Gasteiger partial charge in [0.25, 0.3) is 5.91 Å². The zero-order valence-corrected chi connectivity index (χ0v) is 17.0. The topological polar surface area (TPSA) is 86.9 Å². The molecule has 0 aliphatic rings. The van der Waals surface area contributed by atoms with E-state index in [1.54, 1.807) is 24.5 Å². The van der Waals surface area contributed by atoms with E-state index in [1.807, 2.05) is 29.0 Å². The summed E-state index contributed by atoms with van der Waals surface area (Å²) in [5.74, 6) is 0.277. The van der Waals surface area contributed by atoms with Gasteiger partial charge in [-0.15, -0.1) is 11.3 Å². The number of pyridine rings is 1. The summed E-state index contributed by atoms with van der Waals surface area (Å²) >= 11 is 13.5. The molecule has 0 aliphatic heterocycles. The summed E-state index contributed by atoms with van der Waals surface area (Å²) in [6.07, 6.45) is 1.61. The summed E-state index contributed by atoms with van der Waals surface area (Å²) in [5.41, 5.74) is 9.02. The predicted octanol–water partition coefficient (Wildman–Crippen LogP) is 5.03. The standard InChI is InChI=1S/C19H14Cl2N4O2S/c1-10-13(18(22)26)7-15(25(10)8-12-3-2-4-27-12)14-9-28-19(23-14)11-5-16(20)24-17(21)6-11/h2-7,9H,8H2,1H3,(H2,22,26). The molecule has 4 heterocycles. The van der Waals surface area contributed by atoms with Gasteiger partial charge in [0.05, 0.1) is 29.8 Å². The van der Waals surface area contributed by atoms with E-state index in [4.69, 9.17) is 38.3 Å². The molecule has 0 atom stereocenters. The molecule has 0 bridgehead atoms. The average molecular weight is 433 g/mol. The van der Waals surface area contributed by atoms with Gasteiger partial charge in [0.2, 0.25) is 0 Å². The minimum Gasteiger partial charge on any atom is -0.467 e. The van der Waals surface area contributed by atoms with Crippen LogP contribution in [-0.4, -0.2) is 20.4 Å². The number of amides is 1. The van der Waals surface area contributed by atoms with E-state index in [0.717, 1.165) is 27.7 Å². The summed E-state index contributed by atoms with van der Waals surface area (Å²) in [5, 5.41) is 3.25. The second-order valence-electron chi connectivity index (χ2n) is 6.10. The number of nitrogens with two attached hydrogens (primary N) is 1. The van der Waals surface area contributed by atoms with Crippen LogP contribution in [0.3, 0.4) is 0 Å². The lowest BCUT2D eigenvalue weighted by Crippen LogP contribution is -2.12. The highest BCUT2D eigenvalue weighted by Crippen LogP contribution is 2.33. The highest BCUT2D eigenvalue weighted by Gasteiger charge is 2.20. The van der Waals surface area contributed by atoms with Crippen LogP contribution in [0.2, 0.25) is 10.3 Å². The number of primary amides is 1. The maximum Gasteiger partial charge on any atom is 0.250 e. The molecule has 0 saturated heterocycles. The predicted molar refractivity (Wildman–Crippen MR) is 110 cm³/mol. The number of rotatable bonds is 5. The van der Waals surface area contributed by atoms with E-state index < -0.39 is 5.91 Å². The van der Waals surface area contributed by atoms with Crippen LogP contribution in [0.15, 0.2) is 46.4 Å². The van der Waals surface area contributed by atoms with E-state index in [0.29, 0.717) is 28.1 Å². The lowest BCUT2D eigenvalue weighted by atomic mass is 10.2. The molecular formula is C19H14Cl2N4O2S. The average Bonchev–Trinajstić information content (AvgIpc) is 3.36. The summed E-state index contributed by atoms with van der Waals surface area (Å²) < 4.78 is 7.43. The van der Waals surface area contributed by atoms with Crippen molar-refractivity contribution in [2.24, 2.45) is 5.73 Å².